The van der Waals surface area contributed by atoms with E-state index < -0.39 is 0 Å². The Balaban J connectivity index is 1.54. The highest BCUT2D eigenvalue weighted by atomic mass is 16.3. The van der Waals surface area contributed by atoms with Crippen LogP contribution in [0.25, 0.3) is 11.6 Å². The van der Waals surface area contributed by atoms with Gasteiger partial charge in [-0.25, -0.2) is 9.97 Å². The number of hydrogen-bond donors (Lipinski definition) is 1. The van der Waals surface area contributed by atoms with E-state index in [4.69, 9.17) is 4.42 Å². The summed E-state index contributed by atoms with van der Waals surface area (Å²) in [5.74, 6) is 1.39. The molecule has 0 fully saturated rings. The molecule has 0 amide bonds. The summed E-state index contributed by atoms with van der Waals surface area (Å²) < 4.78 is 5.36. The maximum absolute atomic E-state index is 5.36. The van der Waals surface area contributed by atoms with Crippen LogP contribution in [-0.4, -0.2) is 31.6 Å². The van der Waals surface area contributed by atoms with Gasteiger partial charge in [-0.2, -0.15) is 5.10 Å². The zero-order chi connectivity index (χ0) is 14.1. The van der Waals surface area contributed by atoms with Crippen LogP contribution in [0.3, 0.4) is 0 Å². The van der Waals surface area contributed by atoms with Crippen molar-refractivity contribution in [1.82, 2.24) is 25.1 Å². The molecular weight excluding hydrogens is 266 g/mol. The fourth-order valence-electron chi connectivity index (χ4n) is 2.66. The summed E-state index contributed by atoms with van der Waals surface area (Å²) in [4.78, 5) is 11.4. The van der Waals surface area contributed by atoms with Crippen molar-refractivity contribution in [3.63, 3.8) is 0 Å². The molecule has 6 heteroatoms. The largest absolute Gasteiger partial charge is 0.461 e. The molecule has 106 valence electrons. The molecule has 3 aromatic rings. The first-order valence-electron chi connectivity index (χ1n) is 6.97. The number of nitrogens with zero attached hydrogens (tertiary/aromatic N) is 4. The molecule has 1 N–H and O–H groups in total. The van der Waals surface area contributed by atoms with Gasteiger partial charge in [0.1, 0.15) is 0 Å². The Labute approximate surface area is 121 Å². The lowest BCUT2D eigenvalue weighted by molar-refractivity contribution is 0.243. The van der Waals surface area contributed by atoms with Crippen LogP contribution in [0.1, 0.15) is 16.8 Å². The second-order valence-electron chi connectivity index (χ2n) is 5.21. The molecule has 0 unspecified atom stereocenters. The van der Waals surface area contributed by atoms with Crippen LogP contribution < -0.4 is 0 Å². The maximum atomic E-state index is 5.36. The van der Waals surface area contributed by atoms with E-state index in [1.807, 2.05) is 30.7 Å². The molecule has 0 saturated carbocycles. The Hall–Kier alpha value is -2.47. The summed E-state index contributed by atoms with van der Waals surface area (Å²) in [5, 5.41) is 6.84. The first-order chi connectivity index (χ1) is 10.4. The maximum Gasteiger partial charge on any atom is 0.195 e. The standard InChI is InChI=1S/C15H15N5O/c1-2-14(21-5-1)15-16-8-12-10-20(4-3-13(12)19-15)9-11-6-17-18-7-11/h1-2,5-8H,3-4,9-10H2,(H,17,18). The lowest BCUT2D eigenvalue weighted by atomic mass is 10.1. The molecule has 0 bridgehead atoms. The first kappa shape index (κ1) is 12.3. The molecule has 6 nitrogen and oxygen atoms in total. The molecule has 0 aliphatic carbocycles. The van der Waals surface area contributed by atoms with Crippen molar-refractivity contribution < 1.29 is 4.42 Å². The van der Waals surface area contributed by atoms with Gasteiger partial charge in [0.25, 0.3) is 0 Å². The van der Waals surface area contributed by atoms with Gasteiger partial charge in [-0.3, -0.25) is 10.00 Å². The summed E-state index contributed by atoms with van der Waals surface area (Å²) in [6.45, 7) is 2.77. The molecular formula is C15H15N5O. The summed E-state index contributed by atoms with van der Waals surface area (Å²) >= 11 is 0. The van der Waals surface area contributed by atoms with Gasteiger partial charge < -0.3 is 4.42 Å². The third kappa shape index (κ3) is 2.45. The quantitative estimate of drug-likeness (QED) is 0.795. The van der Waals surface area contributed by atoms with Gasteiger partial charge in [0.2, 0.25) is 0 Å². The van der Waals surface area contributed by atoms with Gasteiger partial charge in [0.15, 0.2) is 11.6 Å². The van der Waals surface area contributed by atoms with Crippen LogP contribution in [0, 0.1) is 0 Å². The predicted octanol–water partition coefficient (Wildman–Crippen LogP) is 2.02. The molecule has 0 aromatic carbocycles. The van der Waals surface area contributed by atoms with E-state index >= 15 is 0 Å². The normalized spacial score (nSPS) is 15.0. The predicted molar refractivity (Wildman–Crippen MR) is 76.1 cm³/mol. The van der Waals surface area contributed by atoms with E-state index in [9.17, 15) is 0 Å². The van der Waals surface area contributed by atoms with Crippen LogP contribution in [0.15, 0.2) is 41.4 Å². The zero-order valence-corrected chi connectivity index (χ0v) is 11.5. The first-order valence-corrected chi connectivity index (χ1v) is 6.97. The van der Waals surface area contributed by atoms with E-state index in [1.165, 1.54) is 11.1 Å². The van der Waals surface area contributed by atoms with Gasteiger partial charge >= 0.3 is 0 Å². The number of fused-ring (bicyclic) bond motifs is 1. The van der Waals surface area contributed by atoms with Crippen molar-refractivity contribution in [3.8, 4) is 11.6 Å². The molecule has 4 heterocycles. The number of aromatic nitrogens is 4. The van der Waals surface area contributed by atoms with Crippen molar-refractivity contribution in [1.29, 1.82) is 0 Å². The van der Waals surface area contributed by atoms with E-state index in [0.717, 1.165) is 37.5 Å². The highest BCUT2D eigenvalue weighted by molar-refractivity contribution is 5.46. The van der Waals surface area contributed by atoms with E-state index in [2.05, 4.69) is 25.1 Å². The van der Waals surface area contributed by atoms with Crippen LogP contribution >= 0.6 is 0 Å². The minimum absolute atomic E-state index is 0.669. The number of rotatable bonds is 3. The average Bonchev–Trinajstić information content (AvgIpc) is 3.20. The number of nitrogens with one attached hydrogen (secondary N) is 1. The number of aromatic amines is 1. The van der Waals surface area contributed by atoms with Crippen molar-refractivity contribution >= 4 is 0 Å². The number of H-pyrrole nitrogens is 1. The fraction of sp³-hybridized carbons (Fsp3) is 0.267. The zero-order valence-electron chi connectivity index (χ0n) is 11.5. The Kier molecular flexibility index (Phi) is 3.01. The van der Waals surface area contributed by atoms with Gasteiger partial charge in [-0.1, -0.05) is 0 Å². The van der Waals surface area contributed by atoms with Crippen molar-refractivity contribution in [2.45, 2.75) is 19.5 Å². The van der Waals surface area contributed by atoms with E-state index in [-0.39, 0.29) is 0 Å². The molecule has 1 aliphatic rings. The van der Waals surface area contributed by atoms with Crippen LogP contribution in [0.5, 0.6) is 0 Å². The van der Waals surface area contributed by atoms with Gasteiger partial charge in [-0.15, -0.1) is 0 Å². The van der Waals surface area contributed by atoms with Crippen LogP contribution in [0.2, 0.25) is 0 Å². The second-order valence-corrected chi connectivity index (χ2v) is 5.21. The van der Waals surface area contributed by atoms with Crippen molar-refractivity contribution in [3.05, 3.63) is 53.8 Å². The van der Waals surface area contributed by atoms with Crippen LogP contribution in [0.4, 0.5) is 0 Å². The Morgan fingerprint density at radius 2 is 2.33 bits per heavy atom. The molecule has 4 rings (SSSR count). The van der Waals surface area contributed by atoms with E-state index in [1.54, 1.807) is 6.26 Å². The molecule has 1 aliphatic heterocycles. The summed E-state index contributed by atoms with van der Waals surface area (Å²) in [6, 6.07) is 3.74. The summed E-state index contributed by atoms with van der Waals surface area (Å²) in [5.41, 5.74) is 3.52. The van der Waals surface area contributed by atoms with Gasteiger partial charge in [0.05, 0.1) is 18.2 Å². The molecule has 0 atom stereocenters. The highest BCUT2D eigenvalue weighted by Gasteiger charge is 2.19. The Morgan fingerprint density at radius 1 is 1.33 bits per heavy atom. The minimum atomic E-state index is 0.669. The van der Waals surface area contributed by atoms with Gasteiger partial charge in [0, 0.05) is 49.6 Å². The molecule has 21 heavy (non-hydrogen) atoms. The number of furan rings is 1. The third-order valence-corrected chi connectivity index (χ3v) is 3.72. The number of hydrogen-bond acceptors (Lipinski definition) is 5. The molecule has 0 radical (unpaired) electrons. The second kappa shape index (κ2) is 5.14. The summed E-state index contributed by atoms with van der Waals surface area (Å²) in [6.07, 6.45) is 8.30. The molecule has 3 aromatic heterocycles. The summed E-state index contributed by atoms with van der Waals surface area (Å²) in [7, 11) is 0. The fourth-order valence-corrected chi connectivity index (χ4v) is 2.66. The topological polar surface area (TPSA) is 70.8 Å². The van der Waals surface area contributed by atoms with Crippen LogP contribution in [-0.2, 0) is 19.5 Å². The third-order valence-electron chi connectivity index (χ3n) is 3.72. The Morgan fingerprint density at radius 3 is 3.14 bits per heavy atom. The lowest BCUT2D eigenvalue weighted by Gasteiger charge is -2.27. The monoisotopic (exact) mass is 281 g/mol. The van der Waals surface area contributed by atoms with Crippen molar-refractivity contribution in [2.75, 3.05) is 6.54 Å². The average molecular weight is 281 g/mol. The minimum Gasteiger partial charge on any atom is -0.461 e. The van der Waals surface area contributed by atoms with Crippen molar-refractivity contribution in [2.24, 2.45) is 0 Å². The SMILES string of the molecule is c1coc(-c2ncc3c(n2)CCN(Cc2cn[nH]c2)C3)c1. The van der Waals surface area contributed by atoms with E-state index in [0.29, 0.717) is 5.82 Å². The molecule has 0 saturated heterocycles. The molecule has 0 spiro atoms. The highest BCUT2D eigenvalue weighted by Crippen LogP contribution is 2.22. The smallest absolute Gasteiger partial charge is 0.195 e. The van der Waals surface area contributed by atoms with Gasteiger partial charge in [-0.05, 0) is 12.1 Å². The Bertz CT molecular complexity index is 721. The lowest BCUT2D eigenvalue weighted by Crippen LogP contribution is -2.30.